The molecule has 1 aromatic carbocycles. The largest absolute Gasteiger partial charge is 0.389 e. The van der Waals surface area contributed by atoms with Crippen LogP contribution in [0.4, 0.5) is 0 Å². The summed E-state index contributed by atoms with van der Waals surface area (Å²) in [5.74, 6) is -0.107. The van der Waals surface area contributed by atoms with Crippen molar-refractivity contribution in [3.63, 3.8) is 0 Å². The maximum absolute atomic E-state index is 12.7. The molecule has 0 bridgehead atoms. The molecule has 5 heteroatoms. The highest BCUT2D eigenvalue weighted by molar-refractivity contribution is 5.95. The smallest absolute Gasteiger partial charge is 0.257 e. The number of para-hydroxylation sites is 1. The van der Waals surface area contributed by atoms with Crippen molar-refractivity contribution in [2.75, 3.05) is 13.1 Å². The van der Waals surface area contributed by atoms with Crippen LogP contribution in [0.1, 0.15) is 36.8 Å². The van der Waals surface area contributed by atoms with Gasteiger partial charge in [0.2, 0.25) is 0 Å². The third kappa shape index (κ3) is 3.74. The van der Waals surface area contributed by atoms with Crippen molar-refractivity contribution < 1.29 is 9.90 Å². The summed E-state index contributed by atoms with van der Waals surface area (Å²) in [6.45, 7) is 7.95. The number of carbonyl (C=O) groups excluding carboxylic acids is 1. The fourth-order valence-electron chi connectivity index (χ4n) is 2.35. The summed E-state index contributed by atoms with van der Waals surface area (Å²) in [5.41, 5.74) is 1.24. The number of rotatable bonds is 5. The molecule has 0 fully saturated rings. The van der Waals surface area contributed by atoms with Crippen molar-refractivity contribution in [2.24, 2.45) is 0 Å². The summed E-state index contributed by atoms with van der Waals surface area (Å²) in [4.78, 5) is 14.3. The molecule has 118 valence electrons. The summed E-state index contributed by atoms with van der Waals surface area (Å²) in [6, 6.07) is 9.68. The van der Waals surface area contributed by atoms with Crippen molar-refractivity contribution >= 4 is 5.91 Å². The van der Waals surface area contributed by atoms with Crippen molar-refractivity contribution in [1.29, 1.82) is 0 Å². The van der Waals surface area contributed by atoms with Gasteiger partial charge in [-0.1, -0.05) is 18.2 Å². The zero-order valence-corrected chi connectivity index (χ0v) is 13.6. The van der Waals surface area contributed by atoms with Gasteiger partial charge in [0.1, 0.15) is 0 Å². The van der Waals surface area contributed by atoms with Gasteiger partial charge in [0, 0.05) is 19.3 Å². The van der Waals surface area contributed by atoms with E-state index in [-0.39, 0.29) is 12.5 Å². The first-order valence-electron chi connectivity index (χ1n) is 7.45. The summed E-state index contributed by atoms with van der Waals surface area (Å²) in [6.07, 6.45) is 1.75. The Bertz CT molecular complexity index is 642. The molecular formula is C17H23N3O2. The molecule has 1 aromatic heterocycles. The van der Waals surface area contributed by atoms with E-state index < -0.39 is 5.60 Å². The second kappa shape index (κ2) is 6.32. The molecule has 2 rings (SSSR count). The molecule has 1 heterocycles. The van der Waals surface area contributed by atoms with Gasteiger partial charge >= 0.3 is 0 Å². The quantitative estimate of drug-likeness (QED) is 0.922. The monoisotopic (exact) mass is 301 g/mol. The van der Waals surface area contributed by atoms with Crippen LogP contribution in [0.5, 0.6) is 0 Å². The maximum Gasteiger partial charge on any atom is 0.257 e. The van der Waals surface area contributed by atoms with E-state index in [0.29, 0.717) is 17.8 Å². The van der Waals surface area contributed by atoms with Gasteiger partial charge in [-0.05, 0) is 39.8 Å². The number of benzene rings is 1. The topological polar surface area (TPSA) is 58.4 Å². The number of hydrogen-bond acceptors (Lipinski definition) is 3. The maximum atomic E-state index is 12.7. The zero-order chi connectivity index (χ0) is 16.3. The highest BCUT2D eigenvalue weighted by atomic mass is 16.3. The third-order valence-electron chi connectivity index (χ3n) is 3.40. The van der Waals surface area contributed by atoms with Gasteiger partial charge in [-0.25, -0.2) is 4.68 Å². The van der Waals surface area contributed by atoms with Crippen molar-refractivity contribution in [3.05, 3.63) is 47.8 Å². The molecule has 0 spiro atoms. The molecule has 0 saturated carbocycles. The van der Waals surface area contributed by atoms with Crippen LogP contribution in [0.3, 0.4) is 0 Å². The first-order chi connectivity index (χ1) is 10.3. The van der Waals surface area contributed by atoms with E-state index in [9.17, 15) is 9.90 Å². The lowest BCUT2D eigenvalue weighted by molar-refractivity contribution is 0.0314. The van der Waals surface area contributed by atoms with Crippen LogP contribution in [-0.4, -0.2) is 44.4 Å². The molecule has 2 aromatic rings. The van der Waals surface area contributed by atoms with E-state index in [4.69, 9.17) is 0 Å². The summed E-state index contributed by atoms with van der Waals surface area (Å²) >= 11 is 0. The number of hydrogen-bond donors (Lipinski definition) is 1. The number of amides is 1. The fraction of sp³-hybridized carbons (Fsp3) is 0.412. The molecule has 0 atom stereocenters. The van der Waals surface area contributed by atoms with Crippen LogP contribution < -0.4 is 0 Å². The molecule has 1 N–H and O–H groups in total. The predicted molar refractivity (Wildman–Crippen MR) is 86.2 cm³/mol. The fourth-order valence-corrected chi connectivity index (χ4v) is 2.35. The molecule has 0 radical (unpaired) electrons. The Morgan fingerprint density at radius 1 is 1.32 bits per heavy atom. The molecule has 1 amide bonds. The van der Waals surface area contributed by atoms with Gasteiger partial charge in [0.05, 0.1) is 22.5 Å². The molecule has 5 nitrogen and oxygen atoms in total. The van der Waals surface area contributed by atoms with Gasteiger partial charge in [-0.3, -0.25) is 4.79 Å². The van der Waals surface area contributed by atoms with E-state index in [1.807, 2.05) is 44.2 Å². The normalized spacial score (nSPS) is 11.5. The molecular weight excluding hydrogens is 278 g/mol. The highest BCUT2D eigenvalue weighted by Gasteiger charge is 2.24. The summed E-state index contributed by atoms with van der Waals surface area (Å²) < 4.78 is 1.71. The number of nitrogens with zero attached hydrogens (tertiary/aromatic N) is 3. The number of carbonyl (C=O) groups is 1. The Labute approximate surface area is 131 Å². The zero-order valence-electron chi connectivity index (χ0n) is 13.6. The Hall–Kier alpha value is -2.14. The van der Waals surface area contributed by atoms with Gasteiger partial charge < -0.3 is 10.0 Å². The van der Waals surface area contributed by atoms with Crippen LogP contribution in [0.2, 0.25) is 0 Å². The summed E-state index contributed by atoms with van der Waals surface area (Å²) in [7, 11) is 0. The van der Waals surface area contributed by atoms with E-state index in [1.54, 1.807) is 29.6 Å². The molecule has 0 aliphatic rings. The number of aromatic nitrogens is 2. The van der Waals surface area contributed by atoms with Crippen LogP contribution in [-0.2, 0) is 0 Å². The Morgan fingerprint density at radius 2 is 1.95 bits per heavy atom. The Morgan fingerprint density at radius 3 is 2.50 bits per heavy atom. The average molecular weight is 301 g/mol. The minimum Gasteiger partial charge on any atom is -0.389 e. The SMILES string of the molecule is CCN(CC(C)(C)O)C(=O)c1cn(-c2ccccc2)nc1C. The molecule has 0 aliphatic heterocycles. The first-order valence-corrected chi connectivity index (χ1v) is 7.45. The Balaban J connectivity index is 2.29. The van der Waals surface area contributed by atoms with Crippen molar-refractivity contribution in [2.45, 2.75) is 33.3 Å². The van der Waals surface area contributed by atoms with E-state index in [1.165, 1.54) is 0 Å². The van der Waals surface area contributed by atoms with E-state index in [2.05, 4.69) is 5.10 Å². The van der Waals surface area contributed by atoms with E-state index in [0.717, 1.165) is 5.69 Å². The molecule has 0 saturated heterocycles. The lowest BCUT2D eigenvalue weighted by Gasteiger charge is -2.27. The third-order valence-corrected chi connectivity index (χ3v) is 3.40. The predicted octanol–water partition coefficient (Wildman–Crippen LogP) is 2.41. The number of aryl methyl sites for hydroxylation is 1. The lowest BCUT2D eigenvalue weighted by atomic mass is 10.1. The molecule has 22 heavy (non-hydrogen) atoms. The molecule has 0 unspecified atom stereocenters. The molecule has 0 aliphatic carbocycles. The number of aliphatic hydroxyl groups is 1. The van der Waals surface area contributed by atoms with Gasteiger partial charge in [-0.15, -0.1) is 0 Å². The standard InChI is InChI=1S/C17H23N3O2/c1-5-19(12-17(3,4)22)16(21)15-11-20(18-13(15)2)14-9-7-6-8-10-14/h6-11,22H,5,12H2,1-4H3. The average Bonchev–Trinajstić information content (AvgIpc) is 2.86. The minimum absolute atomic E-state index is 0.107. The van der Waals surface area contributed by atoms with Crippen molar-refractivity contribution in [3.8, 4) is 5.69 Å². The lowest BCUT2D eigenvalue weighted by Crippen LogP contribution is -2.42. The van der Waals surface area contributed by atoms with Gasteiger partial charge in [-0.2, -0.15) is 5.10 Å². The second-order valence-electron chi connectivity index (χ2n) is 6.04. The minimum atomic E-state index is -0.922. The summed E-state index contributed by atoms with van der Waals surface area (Å²) in [5, 5.41) is 14.4. The van der Waals surface area contributed by atoms with E-state index >= 15 is 0 Å². The van der Waals surface area contributed by atoms with Gasteiger partial charge in [0.25, 0.3) is 5.91 Å². The van der Waals surface area contributed by atoms with Crippen LogP contribution in [0.15, 0.2) is 36.5 Å². The first kappa shape index (κ1) is 16.2. The Kier molecular flexibility index (Phi) is 4.66. The van der Waals surface area contributed by atoms with Gasteiger partial charge in [0.15, 0.2) is 0 Å². The van der Waals surface area contributed by atoms with Crippen LogP contribution >= 0.6 is 0 Å². The van der Waals surface area contributed by atoms with Crippen molar-refractivity contribution in [1.82, 2.24) is 14.7 Å². The van der Waals surface area contributed by atoms with Crippen LogP contribution in [0.25, 0.3) is 5.69 Å². The highest BCUT2D eigenvalue weighted by Crippen LogP contribution is 2.15. The second-order valence-corrected chi connectivity index (χ2v) is 6.04. The number of likely N-dealkylation sites (N-methyl/N-ethyl adjacent to an activating group) is 1. The van der Waals surface area contributed by atoms with Crippen LogP contribution in [0, 0.1) is 6.92 Å².